The molecule has 1 heterocycles. The lowest BCUT2D eigenvalue weighted by Gasteiger charge is -2.32. The molecule has 0 unspecified atom stereocenters. The summed E-state index contributed by atoms with van der Waals surface area (Å²) in [6.07, 6.45) is 2.41. The number of carbonyl (C=O) groups excluding carboxylic acids is 1. The maximum Gasteiger partial charge on any atom is 0.325 e. The number of benzene rings is 2. The number of sulfonamides is 1. The number of hydrogen-bond acceptors (Lipinski definition) is 4. The van der Waals surface area contributed by atoms with E-state index in [0.717, 1.165) is 24.8 Å². The van der Waals surface area contributed by atoms with Crippen LogP contribution in [0.25, 0.3) is 0 Å². The van der Waals surface area contributed by atoms with Crippen LogP contribution in [-0.2, 0) is 26.2 Å². The molecule has 2 aromatic rings. The average molecular weight is 371 g/mol. The summed E-state index contributed by atoms with van der Waals surface area (Å²) in [5.41, 5.74) is 0.890. The highest BCUT2D eigenvalue weighted by molar-refractivity contribution is 7.89. The van der Waals surface area contributed by atoms with Crippen molar-refractivity contribution in [2.24, 2.45) is 5.92 Å². The van der Waals surface area contributed by atoms with E-state index in [1.807, 2.05) is 30.3 Å². The highest BCUT2D eigenvalue weighted by Crippen LogP contribution is 2.45. The molecule has 0 amide bonds. The summed E-state index contributed by atoms with van der Waals surface area (Å²) in [7, 11) is -3.71. The second-order valence-electron chi connectivity index (χ2n) is 6.91. The maximum atomic E-state index is 13.1. The minimum absolute atomic E-state index is 0.0433. The van der Waals surface area contributed by atoms with Gasteiger partial charge in [-0.15, -0.1) is 0 Å². The van der Waals surface area contributed by atoms with E-state index in [-0.39, 0.29) is 23.5 Å². The quantitative estimate of drug-likeness (QED) is 0.758. The molecule has 136 valence electrons. The van der Waals surface area contributed by atoms with Crippen LogP contribution in [0.5, 0.6) is 0 Å². The van der Waals surface area contributed by atoms with Gasteiger partial charge in [-0.3, -0.25) is 4.79 Å². The van der Waals surface area contributed by atoms with E-state index in [2.05, 4.69) is 0 Å². The molecule has 1 saturated heterocycles. The third kappa shape index (κ3) is 3.04. The number of carbonyl (C=O) groups is 1. The Hall–Kier alpha value is -2.18. The van der Waals surface area contributed by atoms with E-state index < -0.39 is 22.0 Å². The largest absolute Gasteiger partial charge is 0.460 e. The smallest absolute Gasteiger partial charge is 0.325 e. The molecule has 2 aromatic carbocycles. The number of fused-ring (bicyclic) bond motifs is 2. The summed E-state index contributed by atoms with van der Waals surface area (Å²) >= 11 is 0. The predicted octanol–water partition coefficient (Wildman–Crippen LogP) is 2.97. The molecule has 2 fully saturated rings. The van der Waals surface area contributed by atoms with Crippen LogP contribution in [0.1, 0.15) is 24.8 Å². The summed E-state index contributed by atoms with van der Waals surface area (Å²) in [5.74, 6) is -0.401. The molecule has 3 atom stereocenters. The fourth-order valence-corrected chi connectivity index (χ4v) is 6.00. The molecule has 2 bridgehead atoms. The second kappa shape index (κ2) is 6.85. The summed E-state index contributed by atoms with van der Waals surface area (Å²) in [6, 6.07) is 16.9. The fraction of sp³-hybridized carbons (Fsp3) is 0.350. The number of esters is 1. The van der Waals surface area contributed by atoms with E-state index in [0.29, 0.717) is 0 Å². The van der Waals surface area contributed by atoms with Gasteiger partial charge in [0, 0.05) is 6.04 Å². The standard InChI is InChI=1S/C20H21NO4S/c22-20(25-14-15-7-3-1-4-8-15)19-16-11-12-17(13-16)21(19)26(23,24)18-9-5-2-6-10-18/h1-10,16-17,19H,11-14H2/t16-,17-,19-/m0/s1. The first-order valence-electron chi connectivity index (χ1n) is 8.86. The second-order valence-corrected chi connectivity index (χ2v) is 8.76. The van der Waals surface area contributed by atoms with Gasteiger partial charge in [-0.1, -0.05) is 48.5 Å². The first-order valence-corrected chi connectivity index (χ1v) is 10.3. The van der Waals surface area contributed by atoms with Crippen LogP contribution in [0, 0.1) is 5.92 Å². The van der Waals surface area contributed by atoms with Crippen molar-refractivity contribution < 1.29 is 17.9 Å². The van der Waals surface area contributed by atoms with Crippen LogP contribution < -0.4 is 0 Å². The van der Waals surface area contributed by atoms with Crippen LogP contribution in [0.4, 0.5) is 0 Å². The Kier molecular flexibility index (Phi) is 4.54. The lowest BCUT2D eigenvalue weighted by atomic mass is 10.0. The van der Waals surface area contributed by atoms with Crippen LogP contribution >= 0.6 is 0 Å². The number of hydrogen-bond donors (Lipinski definition) is 0. The van der Waals surface area contributed by atoms with Crippen molar-refractivity contribution >= 4 is 16.0 Å². The highest BCUT2D eigenvalue weighted by atomic mass is 32.2. The summed E-state index contributed by atoms with van der Waals surface area (Å²) in [5, 5.41) is 0. The molecule has 26 heavy (non-hydrogen) atoms. The Morgan fingerprint density at radius 3 is 2.35 bits per heavy atom. The Bertz CT molecular complexity index is 883. The Morgan fingerprint density at radius 1 is 1.00 bits per heavy atom. The van der Waals surface area contributed by atoms with E-state index in [1.165, 1.54) is 4.31 Å². The Labute approximate surface area is 153 Å². The lowest BCUT2D eigenvalue weighted by Crippen LogP contribution is -2.49. The number of piperidine rings is 1. The summed E-state index contributed by atoms with van der Waals surface area (Å²) in [4.78, 5) is 13.0. The van der Waals surface area contributed by atoms with Gasteiger partial charge in [0.25, 0.3) is 0 Å². The van der Waals surface area contributed by atoms with Crippen molar-refractivity contribution in [3.05, 3.63) is 66.2 Å². The van der Waals surface area contributed by atoms with E-state index in [4.69, 9.17) is 4.74 Å². The van der Waals surface area contributed by atoms with Crippen LogP contribution in [0.3, 0.4) is 0 Å². The van der Waals surface area contributed by atoms with Crippen molar-refractivity contribution in [3.8, 4) is 0 Å². The van der Waals surface area contributed by atoms with Crippen molar-refractivity contribution in [1.82, 2.24) is 4.31 Å². The van der Waals surface area contributed by atoms with Gasteiger partial charge >= 0.3 is 5.97 Å². The first kappa shape index (κ1) is 17.2. The number of ether oxygens (including phenoxy) is 1. The van der Waals surface area contributed by atoms with Gasteiger partial charge in [0.2, 0.25) is 10.0 Å². The van der Waals surface area contributed by atoms with Gasteiger partial charge < -0.3 is 4.74 Å². The molecular weight excluding hydrogens is 350 g/mol. The summed E-state index contributed by atoms with van der Waals surface area (Å²) < 4.78 is 33.2. The van der Waals surface area contributed by atoms with Crippen molar-refractivity contribution in [2.45, 2.75) is 42.8 Å². The normalized spacial score (nSPS) is 25.3. The molecule has 0 radical (unpaired) electrons. The van der Waals surface area contributed by atoms with Crippen LogP contribution in [0.2, 0.25) is 0 Å². The van der Waals surface area contributed by atoms with Gasteiger partial charge in [-0.2, -0.15) is 4.31 Å². The molecule has 4 rings (SSSR count). The topological polar surface area (TPSA) is 63.7 Å². The predicted molar refractivity (Wildman–Crippen MR) is 96.6 cm³/mol. The monoisotopic (exact) mass is 371 g/mol. The van der Waals surface area contributed by atoms with Gasteiger partial charge in [0.05, 0.1) is 4.90 Å². The van der Waals surface area contributed by atoms with Crippen LogP contribution in [-0.4, -0.2) is 30.8 Å². The van der Waals surface area contributed by atoms with E-state index in [9.17, 15) is 13.2 Å². The minimum atomic E-state index is -3.71. The fourth-order valence-electron chi connectivity index (χ4n) is 4.11. The third-order valence-corrected chi connectivity index (χ3v) is 7.26. The zero-order valence-corrected chi connectivity index (χ0v) is 15.1. The maximum absolute atomic E-state index is 13.1. The van der Waals surface area contributed by atoms with Crippen molar-refractivity contribution in [3.63, 3.8) is 0 Å². The van der Waals surface area contributed by atoms with E-state index in [1.54, 1.807) is 30.3 Å². The lowest BCUT2D eigenvalue weighted by molar-refractivity contribution is -0.151. The van der Waals surface area contributed by atoms with Crippen LogP contribution in [0.15, 0.2) is 65.6 Å². The molecule has 1 saturated carbocycles. The number of rotatable bonds is 5. The molecule has 0 spiro atoms. The third-order valence-electron chi connectivity index (χ3n) is 5.31. The van der Waals surface area contributed by atoms with E-state index >= 15 is 0 Å². The van der Waals surface area contributed by atoms with Gasteiger partial charge in [-0.05, 0) is 42.9 Å². The molecule has 1 aliphatic carbocycles. The highest BCUT2D eigenvalue weighted by Gasteiger charge is 2.55. The van der Waals surface area contributed by atoms with Crippen molar-refractivity contribution in [1.29, 1.82) is 0 Å². The SMILES string of the molecule is O=C(OCc1ccccc1)[C@@H]1[C@H]2CC[C@@H](C2)N1S(=O)(=O)c1ccccc1. The Morgan fingerprint density at radius 2 is 1.65 bits per heavy atom. The zero-order valence-electron chi connectivity index (χ0n) is 14.3. The molecule has 2 aliphatic rings. The zero-order chi connectivity index (χ0) is 18.1. The summed E-state index contributed by atoms with van der Waals surface area (Å²) in [6.45, 7) is 0.160. The first-order chi connectivity index (χ1) is 12.6. The van der Waals surface area contributed by atoms with Gasteiger partial charge in [0.15, 0.2) is 0 Å². The van der Waals surface area contributed by atoms with Crippen molar-refractivity contribution in [2.75, 3.05) is 0 Å². The average Bonchev–Trinajstić information content (AvgIpc) is 3.29. The number of nitrogens with zero attached hydrogens (tertiary/aromatic N) is 1. The molecule has 1 aliphatic heterocycles. The molecule has 0 aromatic heterocycles. The molecule has 5 nitrogen and oxygen atoms in total. The molecular formula is C20H21NO4S. The Balaban J connectivity index is 1.57. The van der Waals surface area contributed by atoms with Gasteiger partial charge in [0.1, 0.15) is 12.6 Å². The van der Waals surface area contributed by atoms with Gasteiger partial charge in [-0.25, -0.2) is 8.42 Å². The minimum Gasteiger partial charge on any atom is -0.460 e. The molecule has 6 heteroatoms. The molecule has 0 N–H and O–H groups in total.